The first-order valence-corrected chi connectivity index (χ1v) is 5.79. The number of carbonyl (C=O) groups excluding carboxylic acids is 2. The van der Waals surface area contributed by atoms with Gasteiger partial charge in [0.05, 0.1) is 18.4 Å². The molecule has 0 aliphatic carbocycles. The number of anilines is 1. The maximum Gasteiger partial charge on any atom is 0.342 e. The summed E-state index contributed by atoms with van der Waals surface area (Å²) in [6.45, 7) is 1.38. The highest BCUT2D eigenvalue weighted by Crippen LogP contribution is 2.29. The van der Waals surface area contributed by atoms with E-state index < -0.39 is 18.0 Å². The molecule has 1 unspecified atom stereocenters. The molecule has 0 aliphatic heterocycles. The molecule has 98 valence electrons. The molecule has 0 saturated carbocycles. The van der Waals surface area contributed by atoms with Crippen molar-refractivity contribution < 1.29 is 19.1 Å². The fraction of sp³-hybridized carbons (Fsp3) is 0.273. The maximum absolute atomic E-state index is 11.8. The van der Waals surface area contributed by atoms with E-state index in [4.69, 9.17) is 20.9 Å². The van der Waals surface area contributed by atoms with Crippen LogP contribution in [-0.2, 0) is 9.53 Å². The molecule has 1 atom stereocenters. The Balaban J connectivity index is 3.03. The number of amides is 1. The predicted molar refractivity (Wildman–Crippen MR) is 69.2 cm³/mol. The Morgan fingerprint density at radius 2 is 2.00 bits per heavy atom. The van der Waals surface area contributed by atoms with E-state index in [1.165, 1.54) is 20.1 Å². The molecule has 0 aromatic heterocycles. The Morgan fingerprint density at radius 1 is 1.39 bits per heavy atom. The van der Waals surface area contributed by atoms with Gasteiger partial charge in [-0.25, -0.2) is 4.79 Å². The van der Waals surface area contributed by atoms with Crippen molar-refractivity contribution in [3.8, 4) is 5.75 Å². The summed E-state index contributed by atoms with van der Waals surface area (Å²) < 4.78 is 10.3. The van der Waals surface area contributed by atoms with Crippen molar-refractivity contribution in [2.75, 3.05) is 12.8 Å². The number of halogens is 1. The molecule has 7 heteroatoms. The smallest absolute Gasteiger partial charge is 0.342 e. The van der Waals surface area contributed by atoms with E-state index in [0.717, 1.165) is 0 Å². The number of carbonyl (C=O) groups is 2. The zero-order chi connectivity index (χ0) is 13.9. The molecule has 0 bridgehead atoms. The highest BCUT2D eigenvalue weighted by molar-refractivity contribution is 9.10. The van der Waals surface area contributed by atoms with Gasteiger partial charge in [0.15, 0.2) is 6.10 Å². The summed E-state index contributed by atoms with van der Waals surface area (Å²) in [5.74, 6) is -0.959. The van der Waals surface area contributed by atoms with Gasteiger partial charge in [-0.1, -0.05) is 0 Å². The van der Waals surface area contributed by atoms with Crippen LogP contribution in [0, 0.1) is 0 Å². The van der Waals surface area contributed by atoms with Gasteiger partial charge < -0.3 is 20.9 Å². The van der Waals surface area contributed by atoms with Crippen molar-refractivity contribution in [3.05, 3.63) is 22.2 Å². The second kappa shape index (κ2) is 5.72. The minimum absolute atomic E-state index is 0.129. The molecule has 1 rings (SSSR count). The minimum Gasteiger partial charge on any atom is -0.497 e. The predicted octanol–water partition coefficient (Wildman–Crippen LogP) is 1.07. The molecule has 0 aliphatic rings. The van der Waals surface area contributed by atoms with E-state index in [2.05, 4.69) is 15.9 Å². The molecule has 1 amide bonds. The van der Waals surface area contributed by atoms with Crippen molar-refractivity contribution in [1.82, 2.24) is 0 Å². The summed E-state index contributed by atoms with van der Waals surface area (Å²) in [5.41, 5.74) is 11.0. The summed E-state index contributed by atoms with van der Waals surface area (Å²) in [6, 6.07) is 3.05. The number of hydrogen-bond donors (Lipinski definition) is 2. The van der Waals surface area contributed by atoms with Gasteiger partial charge in [-0.15, -0.1) is 0 Å². The number of nitrogens with two attached hydrogens (primary N) is 2. The van der Waals surface area contributed by atoms with Crippen LogP contribution in [0.2, 0.25) is 0 Å². The van der Waals surface area contributed by atoms with E-state index in [9.17, 15) is 9.59 Å². The molecule has 18 heavy (non-hydrogen) atoms. The summed E-state index contributed by atoms with van der Waals surface area (Å²) in [5, 5.41) is 0. The lowest BCUT2D eigenvalue weighted by molar-refractivity contribution is -0.125. The first-order valence-electron chi connectivity index (χ1n) is 5.00. The third-order valence-corrected chi connectivity index (χ3v) is 2.84. The highest BCUT2D eigenvalue weighted by atomic mass is 79.9. The van der Waals surface area contributed by atoms with Gasteiger partial charge >= 0.3 is 5.97 Å². The van der Waals surface area contributed by atoms with Crippen LogP contribution in [0.5, 0.6) is 5.75 Å². The van der Waals surface area contributed by atoms with Crippen molar-refractivity contribution >= 4 is 33.5 Å². The summed E-state index contributed by atoms with van der Waals surface area (Å²) in [6.07, 6.45) is -1.02. The van der Waals surface area contributed by atoms with Crippen LogP contribution in [0.25, 0.3) is 0 Å². The molecule has 0 heterocycles. The van der Waals surface area contributed by atoms with Crippen LogP contribution in [0.3, 0.4) is 0 Å². The summed E-state index contributed by atoms with van der Waals surface area (Å²) in [7, 11) is 1.48. The molecule has 0 radical (unpaired) electrons. The van der Waals surface area contributed by atoms with Gasteiger partial charge in [-0.2, -0.15) is 0 Å². The summed E-state index contributed by atoms with van der Waals surface area (Å²) >= 11 is 3.19. The summed E-state index contributed by atoms with van der Waals surface area (Å²) in [4.78, 5) is 22.6. The number of ether oxygens (including phenoxy) is 2. The molecule has 0 spiro atoms. The van der Waals surface area contributed by atoms with Gasteiger partial charge in [0.2, 0.25) is 0 Å². The van der Waals surface area contributed by atoms with Crippen molar-refractivity contribution in [2.45, 2.75) is 13.0 Å². The molecule has 0 fully saturated rings. The van der Waals surface area contributed by atoms with Crippen LogP contribution in [0.1, 0.15) is 17.3 Å². The Morgan fingerprint density at radius 3 is 2.44 bits per heavy atom. The normalized spacial score (nSPS) is 11.7. The Kier molecular flexibility index (Phi) is 4.55. The fourth-order valence-corrected chi connectivity index (χ4v) is 1.83. The number of nitrogen functional groups attached to an aromatic ring is 1. The Hall–Kier alpha value is -1.76. The average molecular weight is 317 g/mol. The standard InChI is InChI=1S/C11H13BrN2O4/c1-5(10(14)15)18-11(16)9-7(12)3-6(17-2)4-8(9)13/h3-5H,13H2,1-2H3,(H2,14,15). The molecule has 4 N–H and O–H groups in total. The van der Waals surface area contributed by atoms with Crippen LogP contribution in [-0.4, -0.2) is 25.1 Å². The van der Waals surface area contributed by atoms with Crippen molar-refractivity contribution in [1.29, 1.82) is 0 Å². The van der Waals surface area contributed by atoms with Gasteiger partial charge in [0.25, 0.3) is 5.91 Å². The third-order valence-electron chi connectivity index (χ3n) is 2.22. The van der Waals surface area contributed by atoms with E-state index in [1.54, 1.807) is 6.07 Å². The number of benzene rings is 1. The van der Waals surface area contributed by atoms with Crippen molar-refractivity contribution in [3.63, 3.8) is 0 Å². The largest absolute Gasteiger partial charge is 0.497 e. The monoisotopic (exact) mass is 316 g/mol. The van der Waals surface area contributed by atoms with E-state index in [0.29, 0.717) is 10.2 Å². The lowest BCUT2D eigenvalue weighted by atomic mass is 10.1. The molecule has 0 saturated heterocycles. The average Bonchev–Trinajstić information content (AvgIpc) is 2.27. The van der Waals surface area contributed by atoms with Crippen LogP contribution in [0.15, 0.2) is 16.6 Å². The number of rotatable bonds is 4. The number of methoxy groups -OCH3 is 1. The minimum atomic E-state index is -1.02. The first kappa shape index (κ1) is 14.3. The molecule has 6 nitrogen and oxygen atoms in total. The second-order valence-electron chi connectivity index (χ2n) is 3.52. The van der Waals surface area contributed by atoms with Gasteiger partial charge in [0, 0.05) is 10.5 Å². The molecular formula is C11H13BrN2O4. The van der Waals surface area contributed by atoms with E-state index in [-0.39, 0.29) is 11.3 Å². The number of hydrogen-bond acceptors (Lipinski definition) is 5. The van der Waals surface area contributed by atoms with E-state index in [1.807, 2.05) is 0 Å². The van der Waals surface area contributed by atoms with E-state index >= 15 is 0 Å². The van der Waals surface area contributed by atoms with Gasteiger partial charge in [0.1, 0.15) is 5.75 Å². The van der Waals surface area contributed by atoms with Crippen LogP contribution >= 0.6 is 15.9 Å². The number of esters is 1. The molecular weight excluding hydrogens is 304 g/mol. The lowest BCUT2D eigenvalue weighted by Crippen LogP contribution is -2.30. The Labute approximate surface area is 112 Å². The van der Waals surface area contributed by atoms with Gasteiger partial charge in [-0.3, -0.25) is 4.79 Å². The second-order valence-corrected chi connectivity index (χ2v) is 4.38. The Bertz CT molecular complexity index is 467. The lowest BCUT2D eigenvalue weighted by Gasteiger charge is -2.13. The first-order chi connectivity index (χ1) is 8.36. The highest BCUT2D eigenvalue weighted by Gasteiger charge is 2.21. The van der Waals surface area contributed by atoms with Crippen LogP contribution < -0.4 is 16.2 Å². The SMILES string of the molecule is COc1cc(N)c(C(=O)OC(C)C(N)=O)c(Br)c1. The fourth-order valence-electron chi connectivity index (χ4n) is 1.21. The van der Waals surface area contributed by atoms with Crippen LogP contribution in [0.4, 0.5) is 5.69 Å². The van der Waals surface area contributed by atoms with Crippen molar-refractivity contribution in [2.24, 2.45) is 5.73 Å². The zero-order valence-electron chi connectivity index (χ0n) is 9.90. The molecule has 1 aromatic rings. The number of primary amides is 1. The molecule has 1 aromatic carbocycles. The maximum atomic E-state index is 11.8. The zero-order valence-corrected chi connectivity index (χ0v) is 11.5. The van der Waals surface area contributed by atoms with Gasteiger partial charge in [-0.05, 0) is 28.9 Å². The quantitative estimate of drug-likeness (QED) is 0.638. The topological polar surface area (TPSA) is 105 Å². The third kappa shape index (κ3) is 3.13.